The van der Waals surface area contributed by atoms with E-state index >= 15 is 0 Å². The van der Waals surface area contributed by atoms with E-state index in [1.54, 1.807) is 12.3 Å². The van der Waals surface area contributed by atoms with Crippen LogP contribution in [-0.2, 0) is 22.7 Å². The van der Waals surface area contributed by atoms with Crippen molar-refractivity contribution in [3.05, 3.63) is 46.3 Å². The van der Waals surface area contributed by atoms with Crippen LogP contribution in [0.5, 0.6) is 5.75 Å². The first-order valence-corrected chi connectivity index (χ1v) is 11.3. The molecular formula is C19H18BrF3N4O2S. The van der Waals surface area contributed by atoms with Gasteiger partial charge in [-0.3, -0.25) is 4.21 Å². The second kappa shape index (κ2) is 8.84. The Kier molecular flexibility index (Phi) is 6.61. The van der Waals surface area contributed by atoms with Gasteiger partial charge >= 0.3 is 6.18 Å². The highest BCUT2D eigenvalue weighted by atomic mass is 79.9. The van der Waals surface area contributed by atoms with Crippen molar-refractivity contribution in [2.24, 2.45) is 0 Å². The van der Waals surface area contributed by atoms with Crippen molar-refractivity contribution in [2.75, 3.05) is 11.6 Å². The molecule has 1 N–H and O–H groups in total. The Balaban J connectivity index is 2.04. The first kappa shape index (κ1) is 22.4. The summed E-state index contributed by atoms with van der Waals surface area (Å²) in [6, 6.07) is 5.88. The first-order valence-electron chi connectivity index (χ1n) is 8.80. The van der Waals surface area contributed by atoms with Crippen molar-refractivity contribution >= 4 is 49.3 Å². The molecule has 0 bridgehead atoms. The van der Waals surface area contributed by atoms with Crippen LogP contribution in [0.1, 0.15) is 25.2 Å². The molecular weight excluding hydrogens is 485 g/mol. The number of anilines is 2. The number of hydrogen-bond donors (Lipinski definition) is 1. The van der Waals surface area contributed by atoms with Crippen LogP contribution in [0.25, 0.3) is 10.9 Å². The van der Waals surface area contributed by atoms with Crippen molar-refractivity contribution in [1.82, 2.24) is 15.0 Å². The molecule has 0 aliphatic rings. The third kappa shape index (κ3) is 5.45. The van der Waals surface area contributed by atoms with E-state index in [9.17, 15) is 17.4 Å². The van der Waals surface area contributed by atoms with Crippen LogP contribution >= 0.6 is 15.9 Å². The number of hydrogen-bond acceptors (Lipinski definition) is 6. The number of ether oxygens (including phenoxy) is 1. The predicted molar refractivity (Wildman–Crippen MR) is 113 cm³/mol. The molecule has 2 aromatic heterocycles. The average molecular weight is 503 g/mol. The molecule has 160 valence electrons. The van der Waals surface area contributed by atoms with Gasteiger partial charge in [0.15, 0.2) is 5.75 Å². The van der Waals surface area contributed by atoms with Crippen molar-refractivity contribution in [1.29, 1.82) is 0 Å². The van der Waals surface area contributed by atoms with E-state index in [0.29, 0.717) is 21.1 Å². The summed E-state index contributed by atoms with van der Waals surface area (Å²) in [7, 11) is -1.35. The first-order chi connectivity index (χ1) is 14.0. The van der Waals surface area contributed by atoms with E-state index in [4.69, 9.17) is 4.74 Å². The molecule has 1 atom stereocenters. The summed E-state index contributed by atoms with van der Waals surface area (Å²) < 4.78 is 57.7. The van der Waals surface area contributed by atoms with Gasteiger partial charge in [-0.1, -0.05) is 0 Å². The molecule has 2 heterocycles. The van der Waals surface area contributed by atoms with Gasteiger partial charge in [0.1, 0.15) is 11.2 Å². The number of fused-ring (bicyclic) bond motifs is 1. The number of nitrogens with zero attached hydrogens (tertiary/aromatic N) is 3. The minimum atomic E-state index is -4.64. The second-order valence-corrected chi connectivity index (χ2v) is 9.04. The number of rotatable bonds is 6. The summed E-state index contributed by atoms with van der Waals surface area (Å²) >= 11 is 3.43. The monoisotopic (exact) mass is 502 g/mol. The van der Waals surface area contributed by atoms with Gasteiger partial charge in [0.2, 0.25) is 5.95 Å². The molecule has 0 fully saturated rings. The molecule has 3 rings (SSSR count). The molecule has 0 saturated heterocycles. The Labute approximate surface area is 181 Å². The Morgan fingerprint density at radius 3 is 2.60 bits per heavy atom. The van der Waals surface area contributed by atoms with Gasteiger partial charge in [0.05, 0.1) is 22.0 Å². The predicted octanol–water partition coefficient (Wildman–Crippen LogP) is 5.22. The molecule has 3 aromatic rings. The van der Waals surface area contributed by atoms with Crippen LogP contribution in [0.4, 0.5) is 24.8 Å². The Bertz CT molecular complexity index is 1110. The van der Waals surface area contributed by atoms with Gasteiger partial charge in [-0.2, -0.15) is 13.2 Å². The fraction of sp³-hybridized carbons (Fsp3) is 0.316. The Morgan fingerprint density at radius 2 is 1.97 bits per heavy atom. The maximum atomic E-state index is 13.2. The maximum Gasteiger partial charge on any atom is 0.433 e. The summed E-state index contributed by atoms with van der Waals surface area (Å²) in [6.07, 6.45) is -1.80. The topological polar surface area (TPSA) is 77.0 Å². The quantitative estimate of drug-likeness (QED) is 0.498. The van der Waals surface area contributed by atoms with E-state index in [1.807, 2.05) is 19.9 Å². The van der Waals surface area contributed by atoms with Gasteiger partial charge in [-0.15, -0.1) is 0 Å². The van der Waals surface area contributed by atoms with Crippen LogP contribution in [0.3, 0.4) is 0 Å². The van der Waals surface area contributed by atoms with Gasteiger partial charge < -0.3 is 10.1 Å². The highest BCUT2D eigenvalue weighted by Gasteiger charge is 2.33. The summed E-state index contributed by atoms with van der Waals surface area (Å²) in [4.78, 5) is 12.2. The molecule has 0 saturated carbocycles. The molecule has 0 aliphatic heterocycles. The summed E-state index contributed by atoms with van der Waals surface area (Å²) in [5.41, 5.74) is -0.421. The van der Waals surface area contributed by atoms with Crippen molar-refractivity contribution in [3.63, 3.8) is 0 Å². The van der Waals surface area contributed by atoms with Crippen molar-refractivity contribution < 1.29 is 22.1 Å². The number of benzene rings is 1. The minimum absolute atomic E-state index is 0.0560. The lowest BCUT2D eigenvalue weighted by atomic mass is 10.2. The number of halogens is 4. The third-order valence-corrected chi connectivity index (χ3v) is 5.11. The number of aromatic nitrogens is 3. The van der Waals surface area contributed by atoms with Gasteiger partial charge in [0, 0.05) is 34.3 Å². The largest absolute Gasteiger partial charge is 0.488 e. The van der Waals surface area contributed by atoms with E-state index in [0.717, 1.165) is 6.07 Å². The van der Waals surface area contributed by atoms with Crippen LogP contribution in [0.15, 0.2) is 34.9 Å². The molecule has 1 aromatic carbocycles. The van der Waals surface area contributed by atoms with E-state index in [1.165, 1.54) is 12.3 Å². The smallest absolute Gasteiger partial charge is 0.433 e. The Hall–Kier alpha value is -2.27. The molecule has 0 amide bonds. The third-order valence-electron chi connectivity index (χ3n) is 3.79. The maximum absolute atomic E-state index is 13.2. The zero-order valence-electron chi connectivity index (χ0n) is 16.2. The SMILES string of the molecule is CC(C)Oc1c(Br)ccc2cnc(Nc3cc(CS(C)=O)nc(C(F)(F)F)c3)nc12. The molecule has 30 heavy (non-hydrogen) atoms. The zero-order chi connectivity index (χ0) is 22.1. The van der Waals surface area contributed by atoms with Crippen molar-refractivity contribution in [3.8, 4) is 5.75 Å². The van der Waals surface area contributed by atoms with E-state index in [2.05, 4.69) is 36.2 Å². The van der Waals surface area contributed by atoms with Crippen LogP contribution in [-0.4, -0.2) is 31.5 Å². The highest BCUT2D eigenvalue weighted by molar-refractivity contribution is 9.10. The summed E-state index contributed by atoms with van der Waals surface area (Å²) in [5.74, 6) is 0.508. The van der Waals surface area contributed by atoms with Gasteiger partial charge in [-0.25, -0.2) is 15.0 Å². The lowest BCUT2D eigenvalue weighted by Crippen LogP contribution is -2.12. The molecule has 1 unspecified atom stereocenters. The fourth-order valence-electron chi connectivity index (χ4n) is 2.67. The lowest BCUT2D eigenvalue weighted by molar-refractivity contribution is -0.141. The standard InChI is InChI=1S/C19H18BrF3N4O2S/c1-10(2)29-17-14(20)5-4-11-8-24-18(27-16(11)17)26-12-6-13(9-30(3)28)25-15(7-12)19(21,22)23/h4-8,10H,9H2,1-3H3,(H,24,25,26,27). The Morgan fingerprint density at radius 1 is 1.23 bits per heavy atom. The highest BCUT2D eigenvalue weighted by Crippen LogP contribution is 2.34. The van der Waals surface area contributed by atoms with E-state index in [-0.39, 0.29) is 29.2 Å². The molecule has 0 aliphatic carbocycles. The van der Waals surface area contributed by atoms with Crippen LogP contribution in [0, 0.1) is 0 Å². The molecule has 11 heteroatoms. The van der Waals surface area contributed by atoms with Gasteiger partial charge in [-0.05, 0) is 54.0 Å². The molecule has 0 spiro atoms. The zero-order valence-corrected chi connectivity index (χ0v) is 18.7. The molecule has 0 radical (unpaired) electrons. The number of alkyl halides is 3. The average Bonchev–Trinajstić information content (AvgIpc) is 2.62. The fourth-order valence-corrected chi connectivity index (χ4v) is 3.65. The number of nitrogens with one attached hydrogen (secondary N) is 1. The number of pyridine rings is 1. The summed E-state index contributed by atoms with van der Waals surface area (Å²) in [5, 5.41) is 3.51. The normalized spacial score (nSPS) is 12.9. The van der Waals surface area contributed by atoms with Crippen molar-refractivity contribution in [2.45, 2.75) is 31.9 Å². The van der Waals surface area contributed by atoms with Crippen LogP contribution < -0.4 is 10.1 Å². The summed E-state index contributed by atoms with van der Waals surface area (Å²) in [6.45, 7) is 3.75. The van der Waals surface area contributed by atoms with E-state index < -0.39 is 22.7 Å². The molecule has 6 nitrogen and oxygen atoms in total. The van der Waals surface area contributed by atoms with Crippen LogP contribution in [0.2, 0.25) is 0 Å². The van der Waals surface area contributed by atoms with Gasteiger partial charge in [0.25, 0.3) is 0 Å². The lowest BCUT2D eigenvalue weighted by Gasteiger charge is -2.15. The second-order valence-electron chi connectivity index (χ2n) is 6.75. The minimum Gasteiger partial charge on any atom is -0.488 e.